The van der Waals surface area contributed by atoms with Gasteiger partial charge < -0.3 is 33.8 Å². The van der Waals surface area contributed by atoms with E-state index in [1.807, 2.05) is 0 Å². The molecule has 0 aromatic heterocycles. The number of esters is 4. The number of hydrogen-bond donors (Lipinski definition) is 3. The van der Waals surface area contributed by atoms with Gasteiger partial charge in [-0.15, -0.1) is 0 Å². The Bertz CT molecular complexity index is 1960. The van der Waals surface area contributed by atoms with Gasteiger partial charge in [0.15, 0.2) is 12.2 Å². The summed E-state index contributed by atoms with van der Waals surface area (Å²) in [7, 11) is -9.92. The first kappa shape index (κ1) is 98.1. The monoisotopic (exact) mass is 1470 g/mol. The molecule has 0 radical (unpaired) electrons. The summed E-state index contributed by atoms with van der Waals surface area (Å²) in [5, 5.41) is 10.6. The van der Waals surface area contributed by atoms with Crippen molar-refractivity contribution >= 4 is 39.5 Å². The van der Waals surface area contributed by atoms with Crippen molar-refractivity contribution in [3.63, 3.8) is 0 Å². The van der Waals surface area contributed by atoms with Crippen molar-refractivity contribution in [2.24, 2.45) is 23.7 Å². The van der Waals surface area contributed by atoms with Crippen LogP contribution in [-0.2, 0) is 65.4 Å². The molecule has 0 bridgehead atoms. The minimum Gasteiger partial charge on any atom is -0.462 e. The number of carbonyl (C=O) groups is 4. The first-order valence-electron chi connectivity index (χ1n) is 41.7. The van der Waals surface area contributed by atoms with E-state index in [2.05, 4.69) is 55.4 Å². The lowest BCUT2D eigenvalue weighted by Crippen LogP contribution is -2.30. The molecule has 0 fully saturated rings. The molecule has 100 heavy (non-hydrogen) atoms. The normalized spacial score (nSPS) is 14.3. The van der Waals surface area contributed by atoms with E-state index in [0.717, 1.165) is 114 Å². The molecule has 0 aromatic rings. The molecule has 594 valence electrons. The maximum Gasteiger partial charge on any atom is 0.472 e. The van der Waals surface area contributed by atoms with Crippen LogP contribution >= 0.6 is 15.6 Å². The van der Waals surface area contributed by atoms with Gasteiger partial charge in [-0.05, 0) is 49.4 Å². The van der Waals surface area contributed by atoms with Crippen LogP contribution in [0.5, 0.6) is 0 Å². The maximum atomic E-state index is 13.1. The number of aliphatic hydroxyl groups is 1. The maximum absolute atomic E-state index is 13.1. The van der Waals surface area contributed by atoms with Crippen LogP contribution in [0.4, 0.5) is 0 Å². The van der Waals surface area contributed by atoms with Gasteiger partial charge >= 0.3 is 39.5 Å². The van der Waals surface area contributed by atoms with Gasteiger partial charge in [0.1, 0.15) is 19.3 Å². The number of phosphoric ester groups is 2. The van der Waals surface area contributed by atoms with Crippen LogP contribution in [0.1, 0.15) is 415 Å². The summed E-state index contributed by atoms with van der Waals surface area (Å²) in [5.74, 6) is 0.990. The molecule has 17 nitrogen and oxygen atoms in total. The van der Waals surface area contributed by atoms with E-state index >= 15 is 0 Å². The van der Waals surface area contributed by atoms with E-state index in [4.69, 9.17) is 37.0 Å². The number of hydrogen-bond acceptors (Lipinski definition) is 15. The number of ether oxygens (including phenoxy) is 4. The highest BCUT2D eigenvalue weighted by Crippen LogP contribution is 2.45. The average Bonchev–Trinajstić information content (AvgIpc) is 0.924. The Hall–Kier alpha value is -1.94. The van der Waals surface area contributed by atoms with Gasteiger partial charge in [0.05, 0.1) is 26.4 Å². The molecule has 4 unspecified atom stereocenters. The third kappa shape index (κ3) is 73.0. The number of unbranched alkanes of at least 4 members (excludes halogenated alkanes) is 43. The lowest BCUT2D eigenvalue weighted by Gasteiger charge is -2.21. The quantitative estimate of drug-likeness (QED) is 0.0222. The van der Waals surface area contributed by atoms with Crippen LogP contribution in [-0.4, -0.2) is 96.7 Å². The molecule has 0 aliphatic heterocycles. The summed E-state index contributed by atoms with van der Waals surface area (Å²) in [4.78, 5) is 73.0. The van der Waals surface area contributed by atoms with E-state index < -0.39 is 97.5 Å². The largest absolute Gasteiger partial charge is 0.472 e. The Morgan fingerprint density at radius 2 is 0.480 bits per heavy atom. The fraction of sp³-hybridized carbons (Fsp3) is 0.951. The minimum atomic E-state index is -4.96. The SMILES string of the molecule is CCC(C)CCCCCCCCCCCCCCCCCCCCC(=O)O[C@H](COC(=O)CCCCCCCCCCCC(C)C)COP(=O)(O)OCC(O)COP(=O)(O)OC[C@@H](COC(=O)CCCCCCCCCC(C)C)OC(=O)CCCCCCCCCCCCCCCC(C)C. The molecule has 0 aliphatic carbocycles. The van der Waals surface area contributed by atoms with E-state index in [9.17, 15) is 43.2 Å². The van der Waals surface area contributed by atoms with Crippen molar-refractivity contribution < 1.29 is 80.2 Å². The molecule has 0 saturated heterocycles. The molecule has 0 heterocycles. The second-order valence-corrected chi connectivity index (χ2v) is 33.7. The summed E-state index contributed by atoms with van der Waals surface area (Å²) in [5.41, 5.74) is 0. The fourth-order valence-electron chi connectivity index (χ4n) is 12.4. The van der Waals surface area contributed by atoms with Crippen LogP contribution < -0.4 is 0 Å². The smallest absolute Gasteiger partial charge is 0.462 e. The zero-order valence-corrected chi connectivity index (χ0v) is 67.6. The van der Waals surface area contributed by atoms with Crippen LogP contribution in [0.2, 0.25) is 0 Å². The van der Waals surface area contributed by atoms with Gasteiger partial charge in [-0.2, -0.15) is 0 Å². The van der Waals surface area contributed by atoms with Crippen LogP contribution in [0.3, 0.4) is 0 Å². The lowest BCUT2D eigenvalue weighted by atomic mass is 9.99. The highest BCUT2D eigenvalue weighted by molar-refractivity contribution is 7.47. The predicted octanol–water partition coefficient (Wildman–Crippen LogP) is 24.0. The number of rotatable bonds is 78. The summed E-state index contributed by atoms with van der Waals surface area (Å²) in [6.45, 7) is 14.2. The van der Waals surface area contributed by atoms with Gasteiger partial charge in [-0.3, -0.25) is 37.3 Å². The third-order valence-corrected chi connectivity index (χ3v) is 21.1. The molecular formula is C81H158O17P2. The third-order valence-electron chi connectivity index (χ3n) is 19.2. The summed E-state index contributed by atoms with van der Waals surface area (Å²) in [6.07, 6.45) is 57.0. The second-order valence-electron chi connectivity index (χ2n) is 30.8. The fourth-order valence-corrected chi connectivity index (χ4v) is 14.0. The molecule has 6 atom stereocenters. The molecule has 0 amide bonds. The van der Waals surface area contributed by atoms with Gasteiger partial charge in [0.2, 0.25) is 0 Å². The molecule has 3 N–H and O–H groups in total. The topological polar surface area (TPSA) is 237 Å². The van der Waals surface area contributed by atoms with Crippen LogP contribution in [0.15, 0.2) is 0 Å². The van der Waals surface area contributed by atoms with E-state index in [-0.39, 0.29) is 25.7 Å². The number of aliphatic hydroxyl groups excluding tert-OH is 1. The minimum absolute atomic E-state index is 0.106. The zero-order chi connectivity index (χ0) is 73.8. The predicted molar refractivity (Wildman–Crippen MR) is 409 cm³/mol. The summed E-state index contributed by atoms with van der Waals surface area (Å²) in [6, 6.07) is 0. The van der Waals surface area contributed by atoms with Crippen molar-refractivity contribution in [2.75, 3.05) is 39.6 Å². The van der Waals surface area contributed by atoms with Crippen molar-refractivity contribution in [3.8, 4) is 0 Å². The molecule has 0 aliphatic rings. The number of carbonyl (C=O) groups excluding carboxylic acids is 4. The van der Waals surface area contributed by atoms with Crippen molar-refractivity contribution in [1.29, 1.82) is 0 Å². The Balaban J connectivity index is 5.19. The molecule has 0 spiro atoms. The second kappa shape index (κ2) is 70.1. The summed E-state index contributed by atoms with van der Waals surface area (Å²) < 4.78 is 68.7. The summed E-state index contributed by atoms with van der Waals surface area (Å²) >= 11 is 0. The molecular weight excluding hydrogens is 1310 g/mol. The molecule has 0 rings (SSSR count). The van der Waals surface area contributed by atoms with Gasteiger partial charge in [0.25, 0.3) is 0 Å². The van der Waals surface area contributed by atoms with Gasteiger partial charge in [-0.25, -0.2) is 9.13 Å². The highest BCUT2D eigenvalue weighted by Gasteiger charge is 2.30. The highest BCUT2D eigenvalue weighted by atomic mass is 31.2. The average molecular weight is 1470 g/mol. The molecule has 0 saturated carbocycles. The van der Waals surface area contributed by atoms with E-state index in [0.29, 0.717) is 31.6 Å². The van der Waals surface area contributed by atoms with Gasteiger partial charge in [-0.1, -0.05) is 364 Å². The Morgan fingerprint density at radius 1 is 0.280 bits per heavy atom. The van der Waals surface area contributed by atoms with E-state index in [1.165, 1.54) is 212 Å². The van der Waals surface area contributed by atoms with Crippen molar-refractivity contribution in [3.05, 3.63) is 0 Å². The molecule has 0 aromatic carbocycles. The van der Waals surface area contributed by atoms with Crippen molar-refractivity contribution in [1.82, 2.24) is 0 Å². The Morgan fingerprint density at radius 3 is 0.710 bits per heavy atom. The Kier molecular flexibility index (Phi) is 68.7. The van der Waals surface area contributed by atoms with Crippen LogP contribution in [0, 0.1) is 23.7 Å². The standard InChI is InChI=1S/C81H158O17P2/c1-9-74(8)60-52-44-36-28-22-18-14-12-10-11-13-15-19-23-29-38-47-55-63-80(85)97-76(67-91-78(83)61-53-45-37-31-25-27-34-42-50-58-72(4)5)69-95-99(87,88)93-65-75(82)66-94-100(89,90)96-70-77(68-92-79(84)62-54-46-40-32-35-43-51-59-73(6)7)98-81(86)64-56-48-39-30-24-20-16-17-21-26-33-41-49-57-71(2)3/h71-77,82H,9-70H2,1-8H3,(H,87,88)(H,89,90)/t74?,75?,76-,77-/m1/s1. The lowest BCUT2D eigenvalue weighted by molar-refractivity contribution is -0.161. The Labute approximate surface area is 613 Å². The van der Waals surface area contributed by atoms with Gasteiger partial charge in [0, 0.05) is 25.7 Å². The van der Waals surface area contributed by atoms with E-state index in [1.54, 1.807) is 0 Å². The first-order valence-corrected chi connectivity index (χ1v) is 44.7. The first-order chi connectivity index (χ1) is 48.1. The zero-order valence-electron chi connectivity index (χ0n) is 65.8. The molecule has 19 heteroatoms. The van der Waals surface area contributed by atoms with Crippen molar-refractivity contribution in [2.45, 2.75) is 433 Å². The van der Waals surface area contributed by atoms with Crippen LogP contribution in [0.25, 0.3) is 0 Å². The number of phosphoric acid groups is 2.